The van der Waals surface area contributed by atoms with Crippen molar-refractivity contribution in [2.75, 3.05) is 33.4 Å². The van der Waals surface area contributed by atoms with Gasteiger partial charge in [-0.05, 0) is 35.2 Å². The van der Waals surface area contributed by atoms with Crippen LogP contribution in [-0.2, 0) is 16.8 Å². The van der Waals surface area contributed by atoms with Crippen LogP contribution >= 0.6 is 0 Å². The molecule has 0 aliphatic carbocycles. The van der Waals surface area contributed by atoms with Crippen LogP contribution in [0.1, 0.15) is 42.3 Å². The lowest BCUT2D eigenvalue weighted by Gasteiger charge is -2.27. The Morgan fingerprint density at radius 2 is 1.79 bits per heavy atom. The van der Waals surface area contributed by atoms with Crippen molar-refractivity contribution in [3.05, 3.63) is 59.2 Å². The van der Waals surface area contributed by atoms with Gasteiger partial charge in [0.25, 0.3) is 5.91 Å². The van der Waals surface area contributed by atoms with Gasteiger partial charge in [-0.2, -0.15) is 0 Å². The van der Waals surface area contributed by atoms with Crippen LogP contribution in [0.15, 0.2) is 42.5 Å². The minimum atomic E-state index is -0.0190. The number of carbonyl (C=O) groups is 1. The Kier molecular flexibility index (Phi) is 6.25. The van der Waals surface area contributed by atoms with Crippen molar-refractivity contribution in [3.63, 3.8) is 0 Å². The Bertz CT molecular complexity index is 820. The van der Waals surface area contributed by atoms with Crippen molar-refractivity contribution >= 4 is 5.91 Å². The minimum absolute atomic E-state index is 0.0160. The average Bonchev–Trinajstić information content (AvgIpc) is 2.71. The normalized spacial score (nSPS) is 14.6. The maximum absolute atomic E-state index is 12.8. The van der Waals surface area contributed by atoms with E-state index in [1.807, 2.05) is 41.3 Å². The fourth-order valence-electron chi connectivity index (χ4n) is 3.34. The zero-order valence-electron chi connectivity index (χ0n) is 17.2. The Morgan fingerprint density at radius 1 is 1.07 bits per heavy atom. The molecule has 1 aliphatic rings. The fraction of sp³-hybridized carbons (Fsp3) is 0.435. The number of hydrogen-bond acceptors (Lipinski definition) is 4. The van der Waals surface area contributed by atoms with Gasteiger partial charge >= 0.3 is 0 Å². The van der Waals surface area contributed by atoms with E-state index in [9.17, 15) is 4.79 Å². The number of methoxy groups -OCH3 is 1. The highest BCUT2D eigenvalue weighted by Crippen LogP contribution is 2.32. The molecule has 0 atom stereocenters. The molecular formula is C23H29NO4. The summed E-state index contributed by atoms with van der Waals surface area (Å²) in [6.45, 7) is 9.24. The van der Waals surface area contributed by atoms with Crippen LogP contribution in [0.3, 0.4) is 0 Å². The smallest absolute Gasteiger partial charge is 0.254 e. The van der Waals surface area contributed by atoms with Gasteiger partial charge in [-0.1, -0.05) is 39.0 Å². The van der Waals surface area contributed by atoms with Gasteiger partial charge in [0.1, 0.15) is 18.1 Å². The van der Waals surface area contributed by atoms with Gasteiger partial charge in [-0.3, -0.25) is 4.79 Å². The van der Waals surface area contributed by atoms with Crippen LogP contribution in [0, 0.1) is 0 Å². The number of ether oxygens (including phenoxy) is 3. The van der Waals surface area contributed by atoms with Crippen molar-refractivity contribution in [1.29, 1.82) is 0 Å². The number of amides is 1. The lowest BCUT2D eigenvalue weighted by Crippen LogP contribution is -2.40. The van der Waals surface area contributed by atoms with Gasteiger partial charge in [-0.25, -0.2) is 0 Å². The third kappa shape index (κ3) is 4.65. The summed E-state index contributed by atoms with van der Waals surface area (Å²) in [6, 6.07) is 13.6. The van der Waals surface area contributed by atoms with E-state index in [1.54, 1.807) is 7.11 Å². The molecule has 3 rings (SSSR count). The molecule has 1 heterocycles. The topological polar surface area (TPSA) is 48.0 Å². The summed E-state index contributed by atoms with van der Waals surface area (Å²) in [6.07, 6.45) is 0. The molecule has 150 valence electrons. The predicted molar refractivity (Wildman–Crippen MR) is 109 cm³/mol. The molecule has 1 aliphatic heterocycles. The van der Waals surface area contributed by atoms with Crippen LogP contribution in [0.2, 0.25) is 0 Å². The van der Waals surface area contributed by atoms with E-state index >= 15 is 0 Å². The fourth-order valence-corrected chi connectivity index (χ4v) is 3.34. The Balaban J connectivity index is 1.81. The zero-order chi connectivity index (χ0) is 20.1. The number of para-hydroxylation sites is 1. The lowest BCUT2D eigenvalue weighted by atomic mass is 9.86. The number of rotatable bonds is 5. The number of hydrogen-bond donors (Lipinski definition) is 0. The van der Waals surface area contributed by atoms with Crippen LogP contribution in [-0.4, -0.2) is 44.2 Å². The van der Waals surface area contributed by atoms with Crippen molar-refractivity contribution in [2.45, 2.75) is 32.8 Å². The minimum Gasteiger partial charge on any atom is -0.496 e. The summed E-state index contributed by atoms with van der Waals surface area (Å²) in [5, 5.41) is 0. The summed E-state index contributed by atoms with van der Waals surface area (Å²) in [4.78, 5) is 14.6. The molecule has 0 radical (unpaired) electrons. The molecule has 0 unspecified atom stereocenters. The highest BCUT2D eigenvalue weighted by molar-refractivity contribution is 5.94. The first-order valence-electron chi connectivity index (χ1n) is 9.66. The second kappa shape index (κ2) is 8.65. The quantitative estimate of drug-likeness (QED) is 0.782. The molecule has 0 bridgehead atoms. The lowest BCUT2D eigenvalue weighted by molar-refractivity contribution is 0.0302. The van der Waals surface area contributed by atoms with Crippen molar-refractivity contribution in [3.8, 4) is 11.5 Å². The summed E-state index contributed by atoms with van der Waals surface area (Å²) in [5.41, 5.74) is 2.62. The second-order valence-corrected chi connectivity index (χ2v) is 7.97. The molecule has 1 saturated heterocycles. The second-order valence-electron chi connectivity index (χ2n) is 7.97. The van der Waals surface area contributed by atoms with Gasteiger partial charge in [-0.15, -0.1) is 0 Å². The van der Waals surface area contributed by atoms with Gasteiger partial charge in [0.2, 0.25) is 0 Å². The van der Waals surface area contributed by atoms with Gasteiger partial charge in [0, 0.05) is 24.2 Å². The SMILES string of the molecule is COc1ccc(C(=O)N2CCOCC2)cc1COc1ccccc1C(C)(C)C. The van der Waals surface area contributed by atoms with Gasteiger partial charge in [0.05, 0.1) is 20.3 Å². The summed E-state index contributed by atoms with van der Waals surface area (Å²) in [5.74, 6) is 1.58. The number of morpholine rings is 1. The molecule has 1 amide bonds. The van der Waals surface area contributed by atoms with Crippen LogP contribution in [0.5, 0.6) is 11.5 Å². The molecule has 2 aromatic carbocycles. The predicted octanol–water partition coefficient (Wildman–Crippen LogP) is 4.04. The van der Waals surface area contributed by atoms with E-state index in [1.165, 1.54) is 0 Å². The van der Waals surface area contributed by atoms with Crippen molar-refractivity contribution in [1.82, 2.24) is 4.90 Å². The van der Waals surface area contributed by atoms with E-state index < -0.39 is 0 Å². The van der Waals surface area contributed by atoms with Crippen LogP contribution in [0.25, 0.3) is 0 Å². The van der Waals surface area contributed by atoms with Gasteiger partial charge < -0.3 is 19.1 Å². The highest BCUT2D eigenvalue weighted by Gasteiger charge is 2.21. The third-order valence-electron chi connectivity index (χ3n) is 4.90. The maximum Gasteiger partial charge on any atom is 0.254 e. The van der Waals surface area contributed by atoms with Crippen LogP contribution in [0.4, 0.5) is 0 Å². The summed E-state index contributed by atoms with van der Waals surface area (Å²) >= 11 is 0. The molecule has 0 saturated carbocycles. The third-order valence-corrected chi connectivity index (χ3v) is 4.90. The van der Waals surface area contributed by atoms with E-state index in [4.69, 9.17) is 14.2 Å². The maximum atomic E-state index is 12.8. The zero-order valence-corrected chi connectivity index (χ0v) is 17.2. The molecular weight excluding hydrogens is 354 g/mol. The van der Waals surface area contributed by atoms with Crippen LogP contribution < -0.4 is 9.47 Å². The van der Waals surface area contributed by atoms with Crippen molar-refractivity contribution in [2.24, 2.45) is 0 Å². The standard InChI is InChI=1S/C23H29NO4/c1-23(2,3)19-7-5-6-8-21(19)28-16-18-15-17(9-10-20(18)26-4)22(25)24-11-13-27-14-12-24/h5-10,15H,11-14,16H2,1-4H3. The number of nitrogens with zero attached hydrogens (tertiary/aromatic N) is 1. The Labute approximate surface area is 167 Å². The van der Waals surface area contributed by atoms with E-state index in [-0.39, 0.29) is 11.3 Å². The van der Waals surface area contributed by atoms with Crippen molar-refractivity contribution < 1.29 is 19.0 Å². The molecule has 0 spiro atoms. The largest absolute Gasteiger partial charge is 0.496 e. The number of carbonyl (C=O) groups excluding carboxylic acids is 1. The van der Waals surface area contributed by atoms with E-state index in [2.05, 4.69) is 26.8 Å². The van der Waals surface area contributed by atoms with E-state index in [0.717, 1.165) is 16.9 Å². The molecule has 0 aromatic heterocycles. The number of benzene rings is 2. The summed E-state index contributed by atoms with van der Waals surface area (Å²) < 4.78 is 17.0. The first-order chi connectivity index (χ1) is 13.4. The molecule has 1 fully saturated rings. The molecule has 5 heteroatoms. The first kappa shape index (κ1) is 20.2. The summed E-state index contributed by atoms with van der Waals surface area (Å²) in [7, 11) is 1.63. The van der Waals surface area contributed by atoms with Gasteiger partial charge in [0.15, 0.2) is 0 Å². The molecule has 28 heavy (non-hydrogen) atoms. The Morgan fingerprint density at radius 3 is 2.46 bits per heavy atom. The first-order valence-corrected chi connectivity index (χ1v) is 9.66. The highest BCUT2D eigenvalue weighted by atomic mass is 16.5. The van der Waals surface area contributed by atoms with E-state index in [0.29, 0.717) is 44.2 Å². The monoisotopic (exact) mass is 383 g/mol. The Hall–Kier alpha value is -2.53. The molecule has 5 nitrogen and oxygen atoms in total. The average molecular weight is 383 g/mol. The molecule has 2 aromatic rings. The molecule has 0 N–H and O–H groups in total.